The summed E-state index contributed by atoms with van der Waals surface area (Å²) in [6, 6.07) is 23.2. The summed E-state index contributed by atoms with van der Waals surface area (Å²) in [7, 11) is 0. The van der Waals surface area contributed by atoms with Crippen molar-refractivity contribution in [1.29, 1.82) is 5.26 Å². The molecule has 2 aliphatic heterocycles. The molecule has 2 heterocycles. The lowest BCUT2D eigenvalue weighted by atomic mass is 9.96. The average Bonchev–Trinajstić information content (AvgIpc) is 2.95. The van der Waals surface area contributed by atoms with Gasteiger partial charge in [0.05, 0.1) is 12.6 Å². The van der Waals surface area contributed by atoms with Gasteiger partial charge in [0.2, 0.25) is 0 Å². The standard InChI is InChI=1S/C29H35N5O3/c1-2-37-29(36)34-15-13-26(14-16-34)31-22-25(21-30)28(35)33-19-17-32(18-20-33)27(23-9-5-3-6-10-23)24-11-7-4-8-12-24/h3-12,22,26-27,31H,2,13-20H2,1H3/b25-22-. The largest absolute Gasteiger partial charge is 0.450 e. The van der Waals surface area contributed by atoms with Crippen LogP contribution in [-0.2, 0) is 9.53 Å². The number of carbonyl (C=O) groups is 2. The van der Waals surface area contributed by atoms with Gasteiger partial charge in [-0.3, -0.25) is 9.69 Å². The van der Waals surface area contributed by atoms with Gasteiger partial charge < -0.3 is 19.9 Å². The molecule has 8 heteroatoms. The summed E-state index contributed by atoms with van der Waals surface area (Å²) in [6.07, 6.45) is 2.74. The van der Waals surface area contributed by atoms with E-state index in [2.05, 4.69) is 64.8 Å². The van der Waals surface area contributed by atoms with E-state index in [0.29, 0.717) is 32.8 Å². The van der Waals surface area contributed by atoms with Gasteiger partial charge in [0.15, 0.2) is 0 Å². The number of ether oxygens (including phenoxy) is 1. The van der Waals surface area contributed by atoms with Crippen molar-refractivity contribution in [3.8, 4) is 6.07 Å². The Morgan fingerprint density at radius 2 is 1.51 bits per heavy atom. The summed E-state index contributed by atoms with van der Waals surface area (Å²) in [4.78, 5) is 30.9. The van der Waals surface area contributed by atoms with E-state index in [4.69, 9.17) is 4.74 Å². The van der Waals surface area contributed by atoms with Crippen LogP contribution in [0.1, 0.15) is 36.9 Å². The maximum absolute atomic E-state index is 13.1. The Kier molecular flexibility index (Phi) is 9.17. The van der Waals surface area contributed by atoms with Crippen molar-refractivity contribution >= 4 is 12.0 Å². The van der Waals surface area contributed by atoms with E-state index in [1.807, 2.05) is 12.1 Å². The van der Waals surface area contributed by atoms with Crippen molar-refractivity contribution in [3.63, 3.8) is 0 Å². The molecule has 2 aliphatic rings. The lowest BCUT2D eigenvalue weighted by Crippen LogP contribution is -2.50. The van der Waals surface area contributed by atoms with Gasteiger partial charge in [-0.1, -0.05) is 60.7 Å². The second-order valence-electron chi connectivity index (χ2n) is 9.35. The second kappa shape index (κ2) is 12.9. The Balaban J connectivity index is 1.34. The van der Waals surface area contributed by atoms with E-state index < -0.39 is 0 Å². The molecule has 0 radical (unpaired) electrons. The fourth-order valence-electron chi connectivity index (χ4n) is 5.02. The maximum atomic E-state index is 13.1. The van der Waals surface area contributed by atoms with Crippen molar-refractivity contribution in [2.75, 3.05) is 45.9 Å². The molecule has 0 spiro atoms. The predicted molar refractivity (Wildman–Crippen MR) is 141 cm³/mol. The number of amides is 2. The van der Waals surface area contributed by atoms with Crippen LogP contribution in [0.3, 0.4) is 0 Å². The topological polar surface area (TPSA) is 88.9 Å². The Morgan fingerprint density at radius 3 is 2.03 bits per heavy atom. The third kappa shape index (κ3) is 6.69. The first-order valence-electron chi connectivity index (χ1n) is 13.0. The quantitative estimate of drug-likeness (QED) is 0.461. The normalized spacial score (nSPS) is 17.4. The fraction of sp³-hybridized carbons (Fsp3) is 0.414. The molecule has 2 amide bonds. The van der Waals surface area contributed by atoms with Crippen molar-refractivity contribution < 1.29 is 14.3 Å². The van der Waals surface area contributed by atoms with Crippen LogP contribution in [0.2, 0.25) is 0 Å². The Hall–Kier alpha value is -3.83. The van der Waals surface area contributed by atoms with Crippen LogP contribution < -0.4 is 5.32 Å². The Labute approximate surface area is 219 Å². The van der Waals surface area contributed by atoms with Gasteiger partial charge in [0.1, 0.15) is 11.6 Å². The minimum atomic E-state index is -0.287. The number of rotatable bonds is 7. The summed E-state index contributed by atoms with van der Waals surface area (Å²) >= 11 is 0. The van der Waals surface area contributed by atoms with Gasteiger partial charge in [-0.2, -0.15) is 5.26 Å². The average molecular weight is 502 g/mol. The molecule has 0 atom stereocenters. The van der Waals surface area contributed by atoms with Crippen LogP contribution in [-0.4, -0.2) is 78.6 Å². The van der Waals surface area contributed by atoms with E-state index in [0.717, 1.165) is 25.9 Å². The summed E-state index contributed by atoms with van der Waals surface area (Å²) < 4.78 is 5.06. The zero-order valence-electron chi connectivity index (χ0n) is 21.4. The number of piperidine rings is 1. The highest BCUT2D eigenvalue weighted by molar-refractivity contribution is 5.97. The molecule has 0 aliphatic carbocycles. The number of nitrogens with one attached hydrogen (secondary N) is 1. The molecule has 0 unspecified atom stereocenters. The predicted octanol–water partition coefficient (Wildman–Crippen LogP) is 3.54. The summed E-state index contributed by atoms with van der Waals surface area (Å²) in [6.45, 7) is 5.90. The first kappa shape index (κ1) is 26.2. The molecule has 1 N–H and O–H groups in total. The number of piperazine rings is 1. The molecule has 8 nitrogen and oxygen atoms in total. The minimum absolute atomic E-state index is 0.108. The number of carbonyl (C=O) groups excluding carboxylic acids is 2. The monoisotopic (exact) mass is 501 g/mol. The molecule has 2 aromatic rings. The van der Waals surface area contributed by atoms with Gasteiger partial charge in [0, 0.05) is 51.5 Å². The van der Waals surface area contributed by atoms with E-state index in [-0.39, 0.29) is 29.7 Å². The number of likely N-dealkylation sites (tertiary alicyclic amines) is 1. The highest BCUT2D eigenvalue weighted by Gasteiger charge is 2.29. The lowest BCUT2D eigenvalue weighted by Gasteiger charge is -2.39. The van der Waals surface area contributed by atoms with Crippen molar-refractivity contribution in [3.05, 3.63) is 83.6 Å². The van der Waals surface area contributed by atoms with Crippen LogP contribution in [0.25, 0.3) is 0 Å². The van der Waals surface area contributed by atoms with Gasteiger partial charge in [0.25, 0.3) is 5.91 Å². The fourth-order valence-corrected chi connectivity index (χ4v) is 5.02. The summed E-state index contributed by atoms with van der Waals surface area (Å²) in [5.74, 6) is -0.241. The molecule has 4 rings (SSSR count). The number of hydrogen-bond acceptors (Lipinski definition) is 6. The number of nitrogens with zero attached hydrogens (tertiary/aromatic N) is 4. The first-order valence-corrected chi connectivity index (χ1v) is 13.0. The molecule has 2 fully saturated rings. The summed E-state index contributed by atoms with van der Waals surface area (Å²) in [5, 5.41) is 12.9. The molecule has 194 valence electrons. The second-order valence-corrected chi connectivity index (χ2v) is 9.35. The molecule has 0 saturated carbocycles. The SMILES string of the molecule is CCOC(=O)N1CCC(N/C=C(/C#N)C(=O)N2CCN(C(c3ccccc3)c3ccccc3)CC2)CC1. The van der Waals surface area contributed by atoms with Crippen molar-refractivity contribution in [2.24, 2.45) is 0 Å². The third-order valence-corrected chi connectivity index (χ3v) is 7.03. The van der Waals surface area contributed by atoms with Gasteiger partial charge >= 0.3 is 6.09 Å². The van der Waals surface area contributed by atoms with Gasteiger partial charge in [-0.15, -0.1) is 0 Å². The van der Waals surface area contributed by atoms with Crippen LogP contribution in [0.5, 0.6) is 0 Å². The van der Waals surface area contributed by atoms with E-state index in [9.17, 15) is 14.9 Å². The number of nitriles is 1. The first-order chi connectivity index (χ1) is 18.1. The smallest absolute Gasteiger partial charge is 0.409 e. The molecular weight excluding hydrogens is 466 g/mol. The van der Waals surface area contributed by atoms with Crippen LogP contribution in [0, 0.1) is 11.3 Å². The Morgan fingerprint density at radius 1 is 0.946 bits per heavy atom. The van der Waals surface area contributed by atoms with E-state index in [1.165, 1.54) is 11.1 Å². The molecular formula is C29H35N5O3. The summed E-state index contributed by atoms with van der Waals surface area (Å²) in [5.41, 5.74) is 2.57. The minimum Gasteiger partial charge on any atom is -0.450 e. The van der Waals surface area contributed by atoms with Crippen LogP contribution >= 0.6 is 0 Å². The van der Waals surface area contributed by atoms with E-state index >= 15 is 0 Å². The van der Waals surface area contributed by atoms with Gasteiger partial charge in [-0.25, -0.2) is 4.79 Å². The van der Waals surface area contributed by atoms with E-state index in [1.54, 1.807) is 22.9 Å². The molecule has 0 bridgehead atoms. The highest BCUT2D eigenvalue weighted by Crippen LogP contribution is 2.29. The Bertz CT molecular complexity index is 1060. The van der Waals surface area contributed by atoms with Gasteiger partial charge in [-0.05, 0) is 30.9 Å². The zero-order valence-corrected chi connectivity index (χ0v) is 21.4. The van der Waals surface area contributed by atoms with Crippen LogP contribution in [0.15, 0.2) is 72.4 Å². The lowest BCUT2D eigenvalue weighted by molar-refractivity contribution is -0.128. The van der Waals surface area contributed by atoms with Crippen molar-refractivity contribution in [2.45, 2.75) is 31.8 Å². The molecule has 2 saturated heterocycles. The molecule has 37 heavy (non-hydrogen) atoms. The molecule has 2 aromatic carbocycles. The third-order valence-electron chi connectivity index (χ3n) is 7.03. The number of hydrogen-bond donors (Lipinski definition) is 1. The molecule has 0 aromatic heterocycles. The van der Waals surface area contributed by atoms with Crippen LogP contribution in [0.4, 0.5) is 4.79 Å². The van der Waals surface area contributed by atoms with Crippen molar-refractivity contribution in [1.82, 2.24) is 20.0 Å². The zero-order chi connectivity index (χ0) is 26.0. The highest BCUT2D eigenvalue weighted by atomic mass is 16.6. The maximum Gasteiger partial charge on any atom is 0.409 e. The number of benzene rings is 2.